The minimum Gasteiger partial charge on any atom is -0.463 e. The van der Waals surface area contributed by atoms with E-state index in [-0.39, 0.29) is 37.8 Å². The van der Waals surface area contributed by atoms with Crippen molar-refractivity contribution in [3.8, 4) is 5.88 Å². The lowest BCUT2D eigenvalue weighted by Crippen LogP contribution is -2.53. The monoisotopic (exact) mass is 482 g/mol. The van der Waals surface area contributed by atoms with Crippen molar-refractivity contribution in [3.05, 3.63) is 47.9 Å². The number of alkyl halides is 3. The van der Waals surface area contributed by atoms with Crippen molar-refractivity contribution in [1.29, 1.82) is 0 Å². The second-order valence-electron chi connectivity index (χ2n) is 8.47. The van der Waals surface area contributed by atoms with Crippen molar-refractivity contribution in [3.63, 3.8) is 0 Å². The summed E-state index contributed by atoms with van der Waals surface area (Å²) < 4.78 is 72.0. The fourth-order valence-electron chi connectivity index (χ4n) is 4.27. The number of rotatable bonds is 5. The smallest absolute Gasteiger partial charge is 0.416 e. The van der Waals surface area contributed by atoms with Gasteiger partial charge in [0.1, 0.15) is 0 Å². The number of carbonyl (C=O) groups is 1. The molecular weight excluding hydrogens is 461 g/mol. The van der Waals surface area contributed by atoms with Crippen LogP contribution in [0.15, 0.2) is 41.6 Å². The van der Waals surface area contributed by atoms with Crippen LogP contribution in [-0.2, 0) is 21.0 Å². The van der Waals surface area contributed by atoms with Gasteiger partial charge in [-0.05, 0) is 31.0 Å². The van der Waals surface area contributed by atoms with Crippen LogP contribution in [0.3, 0.4) is 0 Å². The summed E-state index contributed by atoms with van der Waals surface area (Å²) in [7, 11) is -4.15. The number of aromatic nitrogens is 2. The molecule has 1 aromatic carbocycles. The zero-order valence-electron chi connectivity index (χ0n) is 17.4. The number of benzene rings is 1. The summed E-state index contributed by atoms with van der Waals surface area (Å²) in [5.74, 6) is 0.411. The predicted octanol–water partition coefficient (Wildman–Crippen LogP) is 2.43. The Labute approximate surface area is 188 Å². The number of fused-ring (bicyclic) bond motifs is 1. The minimum atomic E-state index is -4.65. The van der Waals surface area contributed by atoms with Crippen LogP contribution < -0.4 is 4.74 Å². The molecule has 0 unspecified atom stereocenters. The van der Waals surface area contributed by atoms with Crippen LogP contribution in [0.5, 0.6) is 5.88 Å². The molecule has 12 heteroatoms. The van der Waals surface area contributed by atoms with Crippen molar-refractivity contribution in [1.82, 2.24) is 19.2 Å². The SMILES string of the molecule is O=C1[C@H](Oc2cnc(C3CC3)cn2)C[C@H]2CN(S(=O)(=O)c3cccc(C(F)(F)F)c3)CCN12. The van der Waals surface area contributed by atoms with Gasteiger partial charge in [0, 0.05) is 38.0 Å². The Hall–Kier alpha value is -2.73. The van der Waals surface area contributed by atoms with Crippen molar-refractivity contribution in [2.45, 2.75) is 48.4 Å². The molecular formula is C21H21F3N4O4S. The summed E-state index contributed by atoms with van der Waals surface area (Å²) >= 11 is 0. The van der Waals surface area contributed by atoms with E-state index >= 15 is 0 Å². The summed E-state index contributed by atoms with van der Waals surface area (Å²) in [6, 6.07) is 3.25. The number of hydrogen-bond donors (Lipinski definition) is 0. The first-order valence-electron chi connectivity index (χ1n) is 10.6. The van der Waals surface area contributed by atoms with Gasteiger partial charge in [0.05, 0.1) is 28.5 Å². The van der Waals surface area contributed by atoms with E-state index in [0.717, 1.165) is 41.0 Å². The van der Waals surface area contributed by atoms with E-state index in [4.69, 9.17) is 4.74 Å². The third-order valence-electron chi connectivity index (χ3n) is 6.20. The van der Waals surface area contributed by atoms with E-state index in [1.807, 2.05) is 0 Å². The Morgan fingerprint density at radius 2 is 1.88 bits per heavy atom. The maximum absolute atomic E-state index is 13.0. The number of ether oxygens (including phenoxy) is 1. The molecule has 0 radical (unpaired) electrons. The molecule has 5 rings (SSSR count). The summed E-state index contributed by atoms with van der Waals surface area (Å²) in [4.78, 5) is 22.5. The van der Waals surface area contributed by atoms with Gasteiger partial charge in [0.25, 0.3) is 5.91 Å². The number of halogens is 3. The van der Waals surface area contributed by atoms with Crippen LogP contribution in [0.25, 0.3) is 0 Å². The van der Waals surface area contributed by atoms with E-state index in [0.29, 0.717) is 12.0 Å². The topological polar surface area (TPSA) is 92.7 Å². The molecule has 1 saturated carbocycles. The molecule has 3 heterocycles. The fraction of sp³-hybridized carbons (Fsp3) is 0.476. The van der Waals surface area contributed by atoms with Crippen molar-refractivity contribution in [2.75, 3.05) is 19.6 Å². The molecule has 3 fully saturated rings. The summed E-state index contributed by atoms with van der Waals surface area (Å²) in [6.45, 7) is 0.105. The third kappa shape index (κ3) is 4.29. The van der Waals surface area contributed by atoms with Gasteiger partial charge in [-0.15, -0.1) is 0 Å². The number of nitrogens with zero attached hydrogens (tertiary/aromatic N) is 4. The molecule has 0 N–H and O–H groups in total. The molecule has 1 aliphatic carbocycles. The summed E-state index contributed by atoms with van der Waals surface area (Å²) in [5, 5.41) is 0. The number of piperazine rings is 1. The lowest BCUT2D eigenvalue weighted by atomic mass is 10.2. The van der Waals surface area contributed by atoms with E-state index < -0.39 is 38.8 Å². The van der Waals surface area contributed by atoms with E-state index in [1.54, 1.807) is 11.1 Å². The first kappa shape index (κ1) is 22.1. The molecule has 0 bridgehead atoms. The molecule has 176 valence electrons. The Balaban J connectivity index is 1.28. The van der Waals surface area contributed by atoms with Gasteiger partial charge in [-0.3, -0.25) is 9.78 Å². The highest BCUT2D eigenvalue weighted by atomic mass is 32.2. The molecule has 33 heavy (non-hydrogen) atoms. The quantitative estimate of drug-likeness (QED) is 0.650. The molecule has 0 spiro atoms. The van der Waals surface area contributed by atoms with Crippen LogP contribution in [0, 0.1) is 0 Å². The number of amides is 1. The lowest BCUT2D eigenvalue weighted by Gasteiger charge is -2.36. The lowest BCUT2D eigenvalue weighted by molar-refractivity contribution is -0.138. The third-order valence-corrected chi connectivity index (χ3v) is 8.06. The highest BCUT2D eigenvalue weighted by molar-refractivity contribution is 7.89. The second-order valence-corrected chi connectivity index (χ2v) is 10.4. The first-order valence-corrected chi connectivity index (χ1v) is 12.0. The predicted molar refractivity (Wildman–Crippen MR) is 109 cm³/mol. The number of carbonyl (C=O) groups excluding carboxylic acids is 1. The molecule has 1 amide bonds. The van der Waals surface area contributed by atoms with Crippen LogP contribution in [0.1, 0.15) is 36.4 Å². The van der Waals surface area contributed by atoms with Crippen LogP contribution in [0.4, 0.5) is 13.2 Å². The van der Waals surface area contributed by atoms with Gasteiger partial charge in [-0.25, -0.2) is 13.4 Å². The minimum absolute atomic E-state index is 0.0105. The van der Waals surface area contributed by atoms with Gasteiger partial charge in [-0.2, -0.15) is 17.5 Å². The van der Waals surface area contributed by atoms with Crippen LogP contribution in [0.2, 0.25) is 0 Å². The van der Waals surface area contributed by atoms with Crippen LogP contribution >= 0.6 is 0 Å². The van der Waals surface area contributed by atoms with E-state index in [1.165, 1.54) is 6.20 Å². The Bertz CT molecular complexity index is 1170. The number of sulfonamides is 1. The maximum atomic E-state index is 13.0. The maximum Gasteiger partial charge on any atom is 0.416 e. The average Bonchev–Trinajstić information content (AvgIpc) is 3.59. The van der Waals surface area contributed by atoms with Crippen molar-refractivity contribution >= 4 is 15.9 Å². The molecule has 3 aliphatic rings. The molecule has 2 atom stereocenters. The standard InChI is InChI=1S/C21H21F3N4O4S/c22-21(23,24)14-2-1-3-16(8-14)33(30,31)27-6-7-28-15(12-27)9-18(20(28)29)32-19-11-25-17(10-26-19)13-4-5-13/h1-3,8,10-11,13,15,18H,4-7,9,12H2/t15-,18+/m0/s1. The van der Waals surface area contributed by atoms with E-state index in [9.17, 15) is 26.4 Å². The Morgan fingerprint density at radius 3 is 2.55 bits per heavy atom. The zero-order chi connectivity index (χ0) is 23.4. The number of hydrogen-bond acceptors (Lipinski definition) is 6. The van der Waals surface area contributed by atoms with Crippen molar-refractivity contribution in [2.24, 2.45) is 0 Å². The molecule has 8 nitrogen and oxygen atoms in total. The molecule has 1 aromatic heterocycles. The van der Waals surface area contributed by atoms with Gasteiger partial charge >= 0.3 is 6.18 Å². The van der Waals surface area contributed by atoms with Gasteiger partial charge in [0.2, 0.25) is 15.9 Å². The summed E-state index contributed by atoms with van der Waals surface area (Å²) in [6.07, 6.45) is 0.101. The zero-order valence-corrected chi connectivity index (χ0v) is 18.2. The summed E-state index contributed by atoms with van der Waals surface area (Å²) in [5.41, 5.74) is -0.131. The Kier molecular flexibility index (Phi) is 5.31. The normalized spacial score (nSPS) is 24.1. The van der Waals surface area contributed by atoms with Crippen molar-refractivity contribution < 1.29 is 31.1 Å². The van der Waals surface area contributed by atoms with Gasteiger partial charge in [-0.1, -0.05) is 6.07 Å². The van der Waals surface area contributed by atoms with Crippen LogP contribution in [-0.4, -0.2) is 65.3 Å². The largest absolute Gasteiger partial charge is 0.463 e. The van der Waals surface area contributed by atoms with Gasteiger partial charge < -0.3 is 9.64 Å². The molecule has 2 aromatic rings. The highest BCUT2D eigenvalue weighted by Gasteiger charge is 2.46. The average molecular weight is 482 g/mol. The first-order chi connectivity index (χ1) is 15.6. The highest BCUT2D eigenvalue weighted by Crippen LogP contribution is 2.39. The van der Waals surface area contributed by atoms with Gasteiger partial charge in [0.15, 0.2) is 6.10 Å². The Morgan fingerprint density at radius 1 is 1.09 bits per heavy atom. The molecule has 2 aliphatic heterocycles. The molecule has 2 saturated heterocycles. The second kappa shape index (κ2) is 7.94. The fourth-order valence-corrected chi connectivity index (χ4v) is 5.79. The van der Waals surface area contributed by atoms with E-state index in [2.05, 4.69) is 9.97 Å².